The molecule has 1 aliphatic carbocycles. The molecule has 0 spiro atoms. The van der Waals surface area contributed by atoms with E-state index in [0.717, 1.165) is 18.4 Å². The number of benzene rings is 1. The van der Waals surface area contributed by atoms with E-state index in [1.54, 1.807) is 6.07 Å². The predicted octanol–water partition coefficient (Wildman–Crippen LogP) is 1.94. The second kappa shape index (κ2) is 9.87. The Balaban J connectivity index is 1.87. The molecule has 146 valence electrons. The zero-order valence-corrected chi connectivity index (χ0v) is 16.4. The van der Waals surface area contributed by atoms with Gasteiger partial charge in [0.05, 0.1) is 12.3 Å². The van der Waals surface area contributed by atoms with Crippen LogP contribution in [0.5, 0.6) is 0 Å². The normalized spacial score (nSPS) is 15.6. The minimum absolute atomic E-state index is 0.0393. The first-order valence-corrected chi connectivity index (χ1v) is 10.8. The molecular weight excluding hydrogens is 355 g/mol. The Hall–Kier alpha value is -1.67. The van der Waals surface area contributed by atoms with E-state index in [9.17, 15) is 12.8 Å². The number of rotatable bonds is 9. The lowest BCUT2D eigenvalue weighted by Crippen LogP contribution is -2.39. The molecule has 0 radical (unpaired) electrons. The van der Waals surface area contributed by atoms with Crippen molar-refractivity contribution in [2.45, 2.75) is 32.7 Å². The Bertz CT molecular complexity index is 705. The number of hydrogen-bond acceptors (Lipinski definition) is 3. The van der Waals surface area contributed by atoms with Crippen LogP contribution in [0.15, 0.2) is 29.3 Å². The molecule has 1 fully saturated rings. The van der Waals surface area contributed by atoms with Crippen LogP contribution in [0.3, 0.4) is 0 Å². The van der Waals surface area contributed by atoms with Crippen molar-refractivity contribution in [3.63, 3.8) is 0 Å². The molecule has 0 aromatic heterocycles. The van der Waals surface area contributed by atoms with Gasteiger partial charge in [-0.3, -0.25) is 4.99 Å². The Morgan fingerprint density at radius 3 is 2.77 bits per heavy atom. The van der Waals surface area contributed by atoms with Gasteiger partial charge in [-0.2, -0.15) is 0 Å². The number of nitrogens with zero attached hydrogens (tertiary/aromatic N) is 2. The highest BCUT2D eigenvalue weighted by Gasteiger charge is 2.20. The van der Waals surface area contributed by atoms with Gasteiger partial charge in [0.1, 0.15) is 5.82 Å². The molecule has 1 saturated carbocycles. The highest BCUT2D eigenvalue weighted by molar-refractivity contribution is 7.89. The van der Waals surface area contributed by atoms with E-state index in [-0.39, 0.29) is 18.1 Å². The Labute approximate surface area is 155 Å². The first-order chi connectivity index (χ1) is 12.4. The lowest BCUT2D eigenvalue weighted by molar-refractivity contribution is 0.316. The van der Waals surface area contributed by atoms with Crippen LogP contribution in [-0.4, -0.2) is 51.7 Å². The van der Waals surface area contributed by atoms with Crippen molar-refractivity contribution < 1.29 is 12.8 Å². The quantitative estimate of drug-likeness (QED) is 0.504. The Kier molecular flexibility index (Phi) is 7.84. The highest BCUT2D eigenvalue weighted by atomic mass is 32.2. The summed E-state index contributed by atoms with van der Waals surface area (Å²) in [5.41, 5.74) is 0.827. The minimum atomic E-state index is -3.31. The summed E-state index contributed by atoms with van der Waals surface area (Å²) in [6.07, 6.45) is 3.41. The molecule has 0 bridgehead atoms. The summed E-state index contributed by atoms with van der Waals surface area (Å²) in [5.74, 6) is 0.776. The second-order valence-corrected chi connectivity index (χ2v) is 8.61. The fourth-order valence-electron chi connectivity index (χ4n) is 2.74. The van der Waals surface area contributed by atoms with E-state index in [1.165, 1.54) is 18.6 Å². The summed E-state index contributed by atoms with van der Waals surface area (Å²) >= 11 is 0. The molecule has 1 aliphatic rings. The van der Waals surface area contributed by atoms with E-state index in [0.29, 0.717) is 31.5 Å². The van der Waals surface area contributed by atoms with E-state index in [1.807, 2.05) is 24.9 Å². The van der Waals surface area contributed by atoms with Gasteiger partial charge in [-0.15, -0.1) is 0 Å². The summed E-state index contributed by atoms with van der Waals surface area (Å²) in [7, 11) is -1.46. The van der Waals surface area contributed by atoms with E-state index in [4.69, 9.17) is 0 Å². The van der Waals surface area contributed by atoms with E-state index >= 15 is 0 Å². The third kappa shape index (κ3) is 6.92. The molecular formula is C18H29FN4O2S. The van der Waals surface area contributed by atoms with Crippen LogP contribution in [0.4, 0.5) is 4.39 Å². The average molecular weight is 385 g/mol. The number of hydrogen-bond donors (Lipinski definition) is 2. The molecule has 8 heteroatoms. The summed E-state index contributed by atoms with van der Waals surface area (Å²) in [6, 6.07) is 6.40. The zero-order chi connectivity index (χ0) is 19.0. The van der Waals surface area contributed by atoms with Crippen LogP contribution >= 0.6 is 0 Å². The number of halogens is 1. The fraction of sp³-hybridized carbons (Fsp3) is 0.611. The van der Waals surface area contributed by atoms with Crippen LogP contribution in [0.1, 0.15) is 31.7 Å². The molecule has 2 rings (SSSR count). The van der Waals surface area contributed by atoms with Gasteiger partial charge in [-0.25, -0.2) is 17.5 Å². The third-order valence-corrected chi connectivity index (χ3v) is 5.77. The van der Waals surface area contributed by atoms with Gasteiger partial charge in [-0.05, 0) is 43.4 Å². The van der Waals surface area contributed by atoms with Crippen molar-refractivity contribution in [2.75, 3.05) is 32.4 Å². The summed E-state index contributed by atoms with van der Waals surface area (Å²) in [6.45, 7) is 3.80. The van der Waals surface area contributed by atoms with Gasteiger partial charge in [0.25, 0.3) is 0 Å². The van der Waals surface area contributed by atoms with Crippen molar-refractivity contribution in [1.29, 1.82) is 0 Å². The molecule has 0 saturated heterocycles. The van der Waals surface area contributed by atoms with Gasteiger partial charge < -0.3 is 10.2 Å². The SMILES string of the molecule is CCNC(=NCCS(=O)(=O)NCC1CCC1)N(C)Cc1cccc(F)c1. The first-order valence-electron chi connectivity index (χ1n) is 9.11. The van der Waals surface area contributed by atoms with Crippen molar-refractivity contribution in [3.8, 4) is 0 Å². The third-order valence-electron chi connectivity index (χ3n) is 4.44. The predicted molar refractivity (Wildman–Crippen MR) is 103 cm³/mol. The van der Waals surface area contributed by atoms with Crippen molar-refractivity contribution >= 4 is 16.0 Å². The molecule has 1 aromatic carbocycles. The van der Waals surface area contributed by atoms with Crippen LogP contribution < -0.4 is 10.0 Å². The van der Waals surface area contributed by atoms with Crippen LogP contribution in [0.25, 0.3) is 0 Å². The molecule has 0 amide bonds. The second-order valence-electron chi connectivity index (χ2n) is 6.69. The number of aliphatic imine (C=N–C) groups is 1. The topological polar surface area (TPSA) is 73.8 Å². The van der Waals surface area contributed by atoms with E-state index < -0.39 is 10.0 Å². The monoisotopic (exact) mass is 384 g/mol. The van der Waals surface area contributed by atoms with Crippen molar-refractivity contribution in [1.82, 2.24) is 14.9 Å². The van der Waals surface area contributed by atoms with Crippen LogP contribution in [0.2, 0.25) is 0 Å². The zero-order valence-electron chi connectivity index (χ0n) is 15.5. The number of nitrogens with one attached hydrogen (secondary N) is 2. The van der Waals surface area contributed by atoms with Crippen molar-refractivity contribution in [3.05, 3.63) is 35.6 Å². The Morgan fingerprint density at radius 2 is 2.15 bits per heavy atom. The van der Waals surface area contributed by atoms with Gasteiger partial charge in [0.15, 0.2) is 5.96 Å². The summed E-state index contributed by atoms with van der Waals surface area (Å²) in [5, 5.41) is 3.14. The molecule has 1 aromatic rings. The molecule has 26 heavy (non-hydrogen) atoms. The number of guanidine groups is 1. The fourth-order valence-corrected chi connectivity index (χ4v) is 3.71. The van der Waals surface area contributed by atoms with Gasteiger partial charge in [-0.1, -0.05) is 18.6 Å². The van der Waals surface area contributed by atoms with Crippen LogP contribution in [0, 0.1) is 11.7 Å². The smallest absolute Gasteiger partial charge is 0.213 e. The standard InChI is InChI=1S/C18H29FN4O2S/c1-3-20-18(23(2)14-16-8-5-9-17(19)12-16)21-10-11-26(24,25)22-13-15-6-4-7-15/h5,8-9,12,15,22H,3-4,6-7,10-11,13-14H2,1-2H3,(H,20,21). The molecule has 0 atom stereocenters. The summed E-state index contributed by atoms with van der Waals surface area (Å²) in [4.78, 5) is 6.25. The number of sulfonamides is 1. The maximum atomic E-state index is 13.3. The largest absolute Gasteiger partial charge is 0.357 e. The maximum Gasteiger partial charge on any atom is 0.213 e. The average Bonchev–Trinajstić information content (AvgIpc) is 2.52. The summed E-state index contributed by atoms with van der Waals surface area (Å²) < 4.78 is 40.1. The van der Waals surface area contributed by atoms with E-state index in [2.05, 4.69) is 15.0 Å². The minimum Gasteiger partial charge on any atom is -0.357 e. The van der Waals surface area contributed by atoms with Crippen molar-refractivity contribution in [2.24, 2.45) is 10.9 Å². The van der Waals surface area contributed by atoms with Gasteiger partial charge in [0.2, 0.25) is 10.0 Å². The molecule has 0 heterocycles. The molecule has 0 unspecified atom stereocenters. The molecule has 2 N–H and O–H groups in total. The maximum absolute atomic E-state index is 13.3. The lowest BCUT2D eigenvalue weighted by Gasteiger charge is -2.25. The van der Waals surface area contributed by atoms with Gasteiger partial charge >= 0.3 is 0 Å². The first kappa shape index (κ1) is 20.6. The Morgan fingerprint density at radius 1 is 1.38 bits per heavy atom. The highest BCUT2D eigenvalue weighted by Crippen LogP contribution is 2.25. The lowest BCUT2D eigenvalue weighted by atomic mass is 9.86. The molecule has 0 aliphatic heterocycles. The van der Waals surface area contributed by atoms with Crippen LogP contribution in [-0.2, 0) is 16.6 Å². The molecule has 6 nitrogen and oxygen atoms in total. The van der Waals surface area contributed by atoms with Gasteiger partial charge in [0, 0.05) is 26.7 Å².